The first-order chi connectivity index (χ1) is 6.26. The average Bonchev–Trinajstić information content (AvgIpc) is 2.14. The topological polar surface area (TPSA) is 58.0 Å². The van der Waals surface area contributed by atoms with Gasteiger partial charge >= 0.3 is 0 Å². The number of aliphatic hydroxyl groups is 1. The van der Waals surface area contributed by atoms with E-state index in [0.717, 1.165) is 17.9 Å². The fourth-order valence-electron chi connectivity index (χ4n) is 1.02. The van der Waals surface area contributed by atoms with Crippen LogP contribution in [0.2, 0.25) is 0 Å². The molecule has 1 rings (SSSR count). The highest BCUT2D eigenvalue weighted by atomic mass is 16.3. The zero-order valence-electron chi connectivity index (χ0n) is 7.99. The SMILES string of the molecule is CC[C@@H](CO)Nc1cc(C)ncn1. The van der Waals surface area contributed by atoms with E-state index in [2.05, 4.69) is 15.3 Å². The van der Waals surface area contributed by atoms with Crippen LogP contribution in [0.5, 0.6) is 0 Å². The van der Waals surface area contributed by atoms with E-state index in [4.69, 9.17) is 5.11 Å². The lowest BCUT2D eigenvalue weighted by Crippen LogP contribution is -2.23. The number of aliphatic hydroxyl groups excluding tert-OH is 1. The molecule has 0 bridgehead atoms. The van der Waals surface area contributed by atoms with Gasteiger partial charge in [-0.3, -0.25) is 0 Å². The number of nitrogens with one attached hydrogen (secondary N) is 1. The van der Waals surface area contributed by atoms with Gasteiger partial charge < -0.3 is 10.4 Å². The molecule has 0 fully saturated rings. The zero-order valence-corrected chi connectivity index (χ0v) is 7.99. The maximum absolute atomic E-state index is 8.95. The molecule has 2 N–H and O–H groups in total. The Bertz CT molecular complexity index is 261. The van der Waals surface area contributed by atoms with E-state index >= 15 is 0 Å². The molecule has 0 aliphatic rings. The number of hydrogen-bond acceptors (Lipinski definition) is 4. The maximum Gasteiger partial charge on any atom is 0.129 e. The molecule has 0 aliphatic heterocycles. The van der Waals surface area contributed by atoms with Gasteiger partial charge in [-0.1, -0.05) is 6.92 Å². The molecule has 0 saturated heterocycles. The summed E-state index contributed by atoms with van der Waals surface area (Å²) in [6.07, 6.45) is 2.39. The van der Waals surface area contributed by atoms with Crippen LogP contribution in [0, 0.1) is 6.92 Å². The number of rotatable bonds is 4. The molecule has 4 heteroatoms. The molecule has 0 unspecified atom stereocenters. The summed E-state index contributed by atoms with van der Waals surface area (Å²) in [7, 11) is 0. The summed E-state index contributed by atoms with van der Waals surface area (Å²) >= 11 is 0. The first-order valence-electron chi connectivity index (χ1n) is 4.42. The van der Waals surface area contributed by atoms with Crippen molar-refractivity contribution in [1.82, 2.24) is 9.97 Å². The van der Waals surface area contributed by atoms with Crippen molar-refractivity contribution < 1.29 is 5.11 Å². The van der Waals surface area contributed by atoms with Gasteiger partial charge in [0.25, 0.3) is 0 Å². The normalized spacial score (nSPS) is 12.5. The van der Waals surface area contributed by atoms with E-state index < -0.39 is 0 Å². The van der Waals surface area contributed by atoms with Crippen molar-refractivity contribution in [2.45, 2.75) is 26.3 Å². The lowest BCUT2D eigenvalue weighted by Gasteiger charge is -2.14. The number of nitrogens with zero attached hydrogens (tertiary/aromatic N) is 2. The minimum absolute atomic E-state index is 0.0781. The molecule has 1 aromatic heterocycles. The predicted octanol–water partition coefficient (Wildman–Crippen LogP) is 0.968. The van der Waals surface area contributed by atoms with Crippen LogP contribution in [0.1, 0.15) is 19.0 Å². The third kappa shape index (κ3) is 2.99. The van der Waals surface area contributed by atoms with Crippen LogP contribution >= 0.6 is 0 Å². The summed E-state index contributed by atoms with van der Waals surface area (Å²) in [6, 6.07) is 1.94. The second kappa shape index (κ2) is 4.77. The van der Waals surface area contributed by atoms with E-state index in [-0.39, 0.29) is 12.6 Å². The van der Waals surface area contributed by atoms with Gasteiger partial charge in [-0.15, -0.1) is 0 Å². The molecular formula is C9H15N3O. The van der Waals surface area contributed by atoms with E-state index in [1.165, 1.54) is 6.33 Å². The van der Waals surface area contributed by atoms with Gasteiger partial charge in [-0.2, -0.15) is 0 Å². The quantitative estimate of drug-likeness (QED) is 0.726. The second-order valence-corrected chi connectivity index (χ2v) is 2.98. The van der Waals surface area contributed by atoms with Crippen LogP contribution in [-0.4, -0.2) is 27.7 Å². The molecule has 0 spiro atoms. The van der Waals surface area contributed by atoms with Crippen LogP contribution in [0.15, 0.2) is 12.4 Å². The Morgan fingerprint density at radius 2 is 2.31 bits per heavy atom. The Kier molecular flexibility index (Phi) is 3.64. The Hall–Kier alpha value is -1.16. The van der Waals surface area contributed by atoms with E-state index in [1.807, 2.05) is 19.9 Å². The van der Waals surface area contributed by atoms with Crippen molar-refractivity contribution in [2.75, 3.05) is 11.9 Å². The summed E-state index contributed by atoms with van der Waals surface area (Å²) in [5, 5.41) is 12.1. The van der Waals surface area contributed by atoms with Crippen molar-refractivity contribution in [1.29, 1.82) is 0 Å². The van der Waals surface area contributed by atoms with Gasteiger partial charge in [0.1, 0.15) is 12.1 Å². The third-order valence-electron chi connectivity index (χ3n) is 1.87. The molecule has 1 atom stereocenters. The van der Waals surface area contributed by atoms with Crippen molar-refractivity contribution >= 4 is 5.82 Å². The van der Waals surface area contributed by atoms with Gasteiger partial charge in [0.15, 0.2) is 0 Å². The number of aryl methyl sites for hydroxylation is 1. The van der Waals surface area contributed by atoms with Gasteiger partial charge in [-0.25, -0.2) is 9.97 Å². The van der Waals surface area contributed by atoms with Crippen LogP contribution in [0.3, 0.4) is 0 Å². The molecule has 0 aliphatic carbocycles. The first kappa shape index (κ1) is 9.92. The van der Waals surface area contributed by atoms with Crippen LogP contribution in [0.4, 0.5) is 5.82 Å². The van der Waals surface area contributed by atoms with Gasteiger partial charge in [0, 0.05) is 11.8 Å². The molecule has 0 radical (unpaired) electrons. The second-order valence-electron chi connectivity index (χ2n) is 2.98. The van der Waals surface area contributed by atoms with E-state index in [0.29, 0.717) is 0 Å². The highest BCUT2D eigenvalue weighted by Gasteiger charge is 2.04. The molecule has 1 aromatic rings. The Balaban J connectivity index is 2.62. The van der Waals surface area contributed by atoms with Crippen molar-refractivity contribution in [3.63, 3.8) is 0 Å². The fourth-order valence-corrected chi connectivity index (χ4v) is 1.02. The largest absolute Gasteiger partial charge is 0.394 e. The average molecular weight is 181 g/mol. The highest BCUT2D eigenvalue weighted by molar-refractivity contribution is 5.35. The molecular weight excluding hydrogens is 166 g/mol. The summed E-state index contributed by atoms with van der Waals surface area (Å²) in [5.41, 5.74) is 0.922. The molecule has 0 saturated carbocycles. The molecule has 72 valence electrons. The van der Waals surface area contributed by atoms with Crippen LogP contribution in [0.25, 0.3) is 0 Å². The lowest BCUT2D eigenvalue weighted by atomic mass is 10.2. The smallest absolute Gasteiger partial charge is 0.129 e. The summed E-state index contributed by atoms with van der Waals surface area (Å²) < 4.78 is 0. The zero-order chi connectivity index (χ0) is 9.68. The number of aromatic nitrogens is 2. The number of hydrogen-bond donors (Lipinski definition) is 2. The number of anilines is 1. The minimum Gasteiger partial charge on any atom is -0.394 e. The summed E-state index contributed by atoms with van der Waals surface area (Å²) in [5.74, 6) is 0.772. The first-order valence-corrected chi connectivity index (χ1v) is 4.42. The molecule has 1 heterocycles. The van der Waals surface area contributed by atoms with Gasteiger partial charge in [0.05, 0.1) is 12.6 Å². The third-order valence-corrected chi connectivity index (χ3v) is 1.87. The Labute approximate surface area is 78.0 Å². The van der Waals surface area contributed by atoms with Crippen molar-refractivity contribution in [2.24, 2.45) is 0 Å². The lowest BCUT2D eigenvalue weighted by molar-refractivity contribution is 0.271. The standard InChI is InChI=1S/C9H15N3O/c1-3-8(5-13)12-9-4-7(2)10-6-11-9/h4,6,8,13H,3,5H2,1-2H3,(H,10,11,12)/t8-/m0/s1. The highest BCUT2D eigenvalue weighted by Crippen LogP contribution is 2.05. The van der Waals surface area contributed by atoms with Gasteiger partial charge in [0.2, 0.25) is 0 Å². The Morgan fingerprint density at radius 3 is 2.85 bits per heavy atom. The molecule has 0 amide bonds. The molecule has 13 heavy (non-hydrogen) atoms. The fraction of sp³-hybridized carbons (Fsp3) is 0.556. The molecule has 0 aromatic carbocycles. The molecule has 4 nitrogen and oxygen atoms in total. The predicted molar refractivity (Wildman–Crippen MR) is 51.6 cm³/mol. The van der Waals surface area contributed by atoms with Gasteiger partial charge in [-0.05, 0) is 13.3 Å². The van der Waals surface area contributed by atoms with E-state index in [1.54, 1.807) is 0 Å². The summed E-state index contributed by atoms with van der Waals surface area (Å²) in [6.45, 7) is 4.05. The van der Waals surface area contributed by atoms with Crippen LogP contribution < -0.4 is 5.32 Å². The van der Waals surface area contributed by atoms with E-state index in [9.17, 15) is 0 Å². The van der Waals surface area contributed by atoms with Crippen LogP contribution in [-0.2, 0) is 0 Å². The minimum atomic E-state index is 0.0781. The van der Waals surface area contributed by atoms with Crippen molar-refractivity contribution in [3.8, 4) is 0 Å². The maximum atomic E-state index is 8.95. The monoisotopic (exact) mass is 181 g/mol. The van der Waals surface area contributed by atoms with Crippen molar-refractivity contribution in [3.05, 3.63) is 18.1 Å². The summed E-state index contributed by atoms with van der Waals surface area (Å²) in [4.78, 5) is 8.03. The Morgan fingerprint density at radius 1 is 1.54 bits per heavy atom.